The van der Waals surface area contributed by atoms with Crippen molar-refractivity contribution in [3.63, 3.8) is 0 Å². The Morgan fingerprint density at radius 1 is 1.14 bits per heavy atom. The smallest absolute Gasteiger partial charge is 0.242 e. The van der Waals surface area contributed by atoms with E-state index in [1.165, 1.54) is 11.0 Å². The van der Waals surface area contributed by atoms with E-state index in [-0.39, 0.29) is 24.8 Å². The van der Waals surface area contributed by atoms with Gasteiger partial charge in [0, 0.05) is 36.4 Å². The van der Waals surface area contributed by atoms with Gasteiger partial charge in [-0.25, -0.2) is 4.39 Å². The molecule has 116 valence electrons. The molecule has 0 saturated carbocycles. The molecule has 0 aromatic heterocycles. The van der Waals surface area contributed by atoms with Gasteiger partial charge in [-0.1, -0.05) is 34.1 Å². The standard InChI is InChI=1S/C17H18BrFN2O/c1-20(15-6-4-3-5-7-15)12-17(22)21(2)11-13-10-14(18)8-9-16(13)19/h3-10H,11-12H2,1-2H3. The van der Waals surface area contributed by atoms with Crippen LogP contribution < -0.4 is 4.90 Å². The van der Waals surface area contributed by atoms with Crippen LogP contribution in [-0.2, 0) is 11.3 Å². The van der Waals surface area contributed by atoms with E-state index in [0.29, 0.717) is 5.56 Å². The lowest BCUT2D eigenvalue weighted by Crippen LogP contribution is -2.36. The molecule has 3 nitrogen and oxygen atoms in total. The van der Waals surface area contributed by atoms with Gasteiger partial charge in [-0.2, -0.15) is 0 Å². The van der Waals surface area contributed by atoms with Crippen molar-refractivity contribution in [3.8, 4) is 0 Å². The summed E-state index contributed by atoms with van der Waals surface area (Å²) in [6.07, 6.45) is 0. The summed E-state index contributed by atoms with van der Waals surface area (Å²) in [6.45, 7) is 0.489. The number of amides is 1. The van der Waals surface area contributed by atoms with Gasteiger partial charge < -0.3 is 9.80 Å². The number of halogens is 2. The van der Waals surface area contributed by atoms with Crippen LogP contribution in [0.3, 0.4) is 0 Å². The highest BCUT2D eigenvalue weighted by Crippen LogP contribution is 2.17. The molecule has 2 aromatic rings. The number of carbonyl (C=O) groups is 1. The largest absolute Gasteiger partial charge is 0.365 e. The molecular weight excluding hydrogens is 347 g/mol. The fourth-order valence-electron chi connectivity index (χ4n) is 2.11. The van der Waals surface area contributed by atoms with E-state index in [2.05, 4.69) is 15.9 Å². The van der Waals surface area contributed by atoms with Crippen molar-refractivity contribution in [2.75, 3.05) is 25.5 Å². The maximum atomic E-state index is 13.8. The first kappa shape index (κ1) is 16.5. The third-order valence-electron chi connectivity index (χ3n) is 3.41. The molecule has 1 amide bonds. The van der Waals surface area contributed by atoms with Gasteiger partial charge in [-0.05, 0) is 30.3 Å². The SMILES string of the molecule is CN(Cc1cc(Br)ccc1F)C(=O)CN(C)c1ccccc1. The molecule has 0 unspecified atom stereocenters. The highest BCUT2D eigenvalue weighted by Gasteiger charge is 2.14. The topological polar surface area (TPSA) is 23.6 Å². The quantitative estimate of drug-likeness (QED) is 0.807. The van der Waals surface area contributed by atoms with Gasteiger partial charge in [-0.15, -0.1) is 0 Å². The lowest BCUT2D eigenvalue weighted by Gasteiger charge is -2.23. The molecule has 0 saturated heterocycles. The lowest BCUT2D eigenvalue weighted by atomic mass is 10.2. The minimum atomic E-state index is -0.306. The molecule has 5 heteroatoms. The number of anilines is 1. The Hall–Kier alpha value is -1.88. The fourth-order valence-corrected chi connectivity index (χ4v) is 2.51. The lowest BCUT2D eigenvalue weighted by molar-refractivity contribution is -0.128. The van der Waals surface area contributed by atoms with E-state index in [0.717, 1.165) is 10.2 Å². The number of rotatable bonds is 5. The average Bonchev–Trinajstić information content (AvgIpc) is 2.51. The first-order valence-corrected chi connectivity index (χ1v) is 7.71. The molecule has 0 aliphatic carbocycles. The maximum absolute atomic E-state index is 13.8. The maximum Gasteiger partial charge on any atom is 0.242 e. The average molecular weight is 365 g/mol. The van der Waals surface area contributed by atoms with Crippen LogP contribution in [0.25, 0.3) is 0 Å². The molecule has 2 rings (SSSR count). The molecule has 0 bridgehead atoms. The monoisotopic (exact) mass is 364 g/mol. The third-order valence-corrected chi connectivity index (χ3v) is 3.90. The van der Waals surface area contributed by atoms with Crippen LogP contribution in [0, 0.1) is 5.82 Å². The minimum Gasteiger partial charge on any atom is -0.365 e. The van der Waals surface area contributed by atoms with Crippen LogP contribution in [-0.4, -0.2) is 31.4 Å². The third kappa shape index (κ3) is 4.31. The highest BCUT2D eigenvalue weighted by molar-refractivity contribution is 9.10. The number of hydrogen-bond acceptors (Lipinski definition) is 2. The number of carbonyl (C=O) groups excluding carboxylic acids is 1. The van der Waals surface area contributed by atoms with Gasteiger partial charge in [0.25, 0.3) is 0 Å². The normalized spacial score (nSPS) is 10.4. The molecule has 0 radical (unpaired) electrons. The van der Waals surface area contributed by atoms with Crippen molar-refractivity contribution in [2.45, 2.75) is 6.54 Å². The summed E-state index contributed by atoms with van der Waals surface area (Å²) in [5.41, 5.74) is 1.46. The number of hydrogen-bond donors (Lipinski definition) is 0. The van der Waals surface area contributed by atoms with Crippen LogP contribution in [0.1, 0.15) is 5.56 Å². The molecule has 0 aliphatic heterocycles. The molecule has 22 heavy (non-hydrogen) atoms. The summed E-state index contributed by atoms with van der Waals surface area (Å²) < 4.78 is 14.5. The van der Waals surface area contributed by atoms with Gasteiger partial charge in [-0.3, -0.25) is 4.79 Å². The summed E-state index contributed by atoms with van der Waals surface area (Å²) in [4.78, 5) is 15.7. The fraction of sp³-hybridized carbons (Fsp3) is 0.235. The van der Waals surface area contributed by atoms with Crippen molar-refractivity contribution < 1.29 is 9.18 Å². The van der Waals surface area contributed by atoms with Crippen LogP contribution in [0.2, 0.25) is 0 Å². The Bertz CT molecular complexity index is 648. The van der Waals surface area contributed by atoms with Crippen molar-refractivity contribution >= 4 is 27.5 Å². The Morgan fingerprint density at radius 3 is 2.50 bits per heavy atom. The van der Waals surface area contributed by atoms with Crippen molar-refractivity contribution in [2.24, 2.45) is 0 Å². The van der Waals surface area contributed by atoms with Gasteiger partial charge in [0.1, 0.15) is 5.82 Å². The van der Waals surface area contributed by atoms with Crippen molar-refractivity contribution in [3.05, 3.63) is 64.4 Å². The molecule has 0 atom stereocenters. The zero-order valence-electron chi connectivity index (χ0n) is 12.6. The molecular formula is C17H18BrFN2O. The Kier molecular flexibility index (Phi) is 5.55. The summed E-state index contributed by atoms with van der Waals surface area (Å²) in [6, 6.07) is 14.4. The molecule has 0 heterocycles. The predicted molar refractivity (Wildman–Crippen MR) is 90.3 cm³/mol. The van der Waals surface area contributed by atoms with Crippen molar-refractivity contribution in [1.29, 1.82) is 0 Å². The van der Waals surface area contributed by atoms with Crippen LogP contribution in [0.5, 0.6) is 0 Å². The van der Waals surface area contributed by atoms with Crippen LogP contribution in [0.15, 0.2) is 53.0 Å². The second-order valence-electron chi connectivity index (χ2n) is 5.18. The Morgan fingerprint density at radius 2 is 1.82 bits per heavy atom. The molecule has 0 spiro atoms. The Labute approximate surface area is 138 Å². The Balaban J connectivity index is 1.99. The molecule has 2 aromatic carbocycles. The van der Waals surface area contributed by atoms with E-state index in [1.54, 1.807) is 19.2 Å². The number of para-hydroxylation sites is 1. The van der Waals surface area contributed by atoms with E-state index in [1.807, 2.05) is 42.3 Å². The molecule has 0 fully saturated rings. The first-order valence-electron chi connectivity index (χ1n) is 6.91. The minimum absolute atomic E-state index is 0.0641. The summed E-state index contributed by atoms with van der Waals surface area (Å²) in [7, 11) is 3.54. The second-order valence-corrected chi connectivity index (χ2v) is 6.09. The van der Waals surface area contributed by atoms with Gasteiger partial charge in [0.15, 0.2) is 0 Å². The second kappa shape index (κ2) is 7.40. The highest BCUT2D eigenvalue weighted by atomic mass is 79.9. The van der Waals surface area contributed by atoms with Gasteiger partial charge >= 0.3 is 0 Å². The van der Waals surface area contributed by atoms with E-state index >= 15 is 0 Å². The number of benzene rings is 2. The van der Waals surface area contributed by atoms with Gasteiger partial charge in [0.2, 0.25) is 5.91 Å². The zero-order valence-corrected chi connectivity index (χ0v) is 14.2. The molecule has 0 aliphatic rings. The summed E-state index contributed by atoms with van der Waals surface area (Å²) in [5.74, 6) is -0.370. The summed E-state index contributed by atoms with van der Waals surface area (Å²) in [5, 5.41) is 0. The summed E-state index contributed by atoms with van der Waals surface area (Å²) >= 11 is 3.32. The number of nitrogens with zero attached hydrogens (tertiary/aromatic N) is 2. The predicted octanol–water partition coefficient (Wildman–Crippen LogP) is 3.68. The van der Waals surface area contributed by atoms with E-state index in [9.17, 15) is 9.18 Å². The van der Waals surface area contributed by atoms with E-state index in [4.69, 9.17) is 0 Å². The van der Waals surface area contributed by atoms with Crippen molar-refractivity contribution in [1.82, 2.24) is 4.90 Å². The van der Waals surface area contributed by atoms with Gasteiger partial charge in [0.05, 0.1) is 6.54 Å². The first-order chi connectivity index (χ1) is 10.5. The molecule has 0 N–H and O–H groups in total. The van der Waals surface area contributed by atoms with E-state index < -0.39 is 0 Å². The zero-order chi connectivity index (χ0) is 16.1. The van der Waals surface area contributed by atoms with Crippen LogP contribution in [0.4, 0.5) is 10.1 Å². The van der Waals surface area contributed by atoms with Crippen LogP contribution >= 0.6 is 15.9 Å². The number of likely N-dealkylation sites (N-methyl/N-ethyl adjacent to an activating group) is 2.